The molecule has 0 atom stereocenters. The van der Waals surface area contributed by atoms with Crippen LogP contribution < -0.4 is 15.6 Å². The summed E-state index contributed by atoms with van der Waals surface area (Å²) in [4.78, 5) is 24.0. The van der Waals surface area contributed by atoms with Crippen molar-refractivity contribution in [3.63, 3.8) is 0 Å². The van der Waals surface area contributed by atoms with E-state index >= 15 is 0 Å². The molecule has 160 valence electrons. The van der Waals surface area contributed by atoms with Gasteiger partial charge in [0.15, 0.2) is 17.3 Å². The number of amides is 1. The minimum absolute atomic E-state index is 0.147. The summed E-state index contributed by atoms with van der Waals surface area (Å²) in [6.45, 7) is 4.74. The fourth-order valence-corrected chi connectivity index (χ4v) is 3.54. The number of fused-ring (bicyclic) bond motifs is 1. The predicted octanol–water partition coefficient (Wildman–Crippen LogP) is 2.21. The van der Waals surface area contributed by atoms with E-state index in [2.05, 4.69) is 31.8 Å². The van der Waals surface area contributed by atoms with E-state index in [0.717, 1.165) is 31.5 Å². The molecule has 1 aliphatic carbocycles. The number of hydrazone groups is 1. The molecule has 9 heteroatoms. The smallest absolute Gasteiger partial charge is 0.271 e. The second-order valence-corrected chi connectivity index (χ2v) is 7.94. The van der Waals surface area contributed by atoms with Crippen LogP contribution in [-0.2, 0) is 4.74 Å². The van der Waals surface area contributed by atoms with Gasteiger partial charge in [-0.1, -0.05) is 29.8 Å². The Bertz CT molecular complexity index is 1130. The highest BCUT2D eigenvalue weighted by Gasteiger charge is 2.26. The van der Waals surface area contributed by atoms with Gasteiger partial charge in [-0.05, 0) is 25.3 Å². The lowest BCUT2D eigenvalue weighted by molar-refractivity contribution is 0.0946. The van der Waals surface area contributed by atoms with E-state index < -0.39 is 0 Å². The van der Waals surface area contributed by atoms with Gasteiger partial charge in [0.2, 0.25) is 0 Å². The Morgan fingerprint density at radius 2 is 2.06 bits per heavy atom. The summed E-state index contributed by atoms with van der Waals surface area (Å²) in [6.07, 6.45) is 7.37. The van der Waals surface area contributed by atoms with E-state index in [1.807, 2.05) is 29.5 Å². The minimum Gasteiger partial charge on any atom is -0.378 e. The first-order valence-electron chi connectivity index (χ1n) is 10.5. The first kappa shape index (κ1) is 19.5. The number of anilines is 2. The highest BCUT2D eigenvalue weighted by Crippen LogP contribution is 2.24. The molecule has 0 spiro atoms. The number of carbonyl (C=O) groups excluding carboxylic acids is 1. The molecule has 2 N–H and O–H groups in total. The average molecular weight is 419 g/mol. The Kier molecular flexibility index (Phi) is 5.25. The Labute approximate surface area is 180 Å². The summed E-state index contributed by atoms with van der Waals surface area (Å²) >= 11 is 0. The standard InChI is InChI=1S/C22H25N7O2/c1-15-3-2-4-16(11-15)12-23-27-19-14-29-13-18(22(30)24-17-5-6-17)25-20(29)21(26-19)28-7-9-31-10-8-28/h2-4,11-14,17,27H,5-10H2,1H3,(H,24,30)/b23-12+. The number of aryl methyl sites for hydroxylation is 1. The minimum atomic E-state index is -0.147. The van der Waals surface area contributed by atoms with Gasteiger partial charge in [-0.25, -0.2) is 9.97 Å². The third-order valence-electron chi connectivity index (χ3n) is 5.31. The van der Waals surface area contributed by atoms with E-state index in [1.165, 1.54) is 5.56 Å². The Morgan fingerprint density at radius 1 is 1.23 bits per heavy atom. The van der Waals surface area contributed by atoms with E-state index in [0.29, 0.717) is 36.2 Å². The molecule has 1 saturated heterocycles. The zero-order chi connectivity index (χ0) is 21.2. The summed E-state index contributed by atoms with van der Waals surface area (Å²) in [6, 6.07) is 8.38. The van der Waals surface area contributed by atoms with Crippen LogP contribution in [0.1, 0.15) is 34.5 Å². The first-order chi connectivity index (χ1) is 15.2. The molecule has 0 bridgehead atoms. The monoisotopic (exact) mass is 419 g/mol. The summed E-state index contributed by atoms with van der Waals surface area (Å²) in [7, 11) is 0. The maximum absolute atomic E-state index is 12.5. The molecular weight excluding hydrogens is 394 g/mol. The van der Waals surface area contributed by atoms with Gasteiger partial charge in [0.1, 0.15) is 5.69 Å². The van der Waals surface area contributed by atoms with Gasteiger partial charge >= 0.3 is 0 Å². The van der Waals surface area contributed by atoms with Crippen molar-refractivity contribution in [1.82, 2.24) is 19.7 Å². The van der Waals surface area contributed by atoms with Crippen LogP contribution >= 0.6 is 0 Å². The molecule has 1 saturated carbocycles. The van der Waals surface area contributed by atoms with Gasteiger partial charge in [-0.2, -0.15) is 5.10 Å². The predicted molar refractivity (Wildman–Crippen MR) is 119 cm³/mol. The highest BCUT2D eigenvalue weighted by atomic mass is 16.5. The summed E-state index contributed by atoms with van der Waals surface area (Å²) < 4.78 is 7.32. The summed E-state index contributed by atoms with van der Waals surface area (Å²) in [5.41, 5.74) is 6.24. The van der Waals surface area contributed by atoms with Crippen LogP contribution in [0, 0.1) is 6.92 Å². The van der Waals surface area contributed by atoms with Crippen molar-refractivity contribution in [2.24, 2.45) is 5.10 Å². The molecule has 2 fully saturated rings. The Morgan fingerprint density at radius 3 is 2.84 bits per heavy atom. The van der Waals surface area contributed by atoms with Crippen molar-refractivity contribution in [2.45, 2.75) is 25.8 Å². The van der Waals surface area contributed by atoms with Crippen molar-refractivity contribution in [3.8, 4) is 0 Å². The van der Waals surface area contributed by atoms with Crippen LogP contribution in [0.25, 0.3) is 5.65 Å². The van der Waals surface area contributed by atoms with Crippen molar-refractivity contribution in [3.05, 3.63) is 53.5 Å². The third-order valence-corrected chi connectivity index (χ3v) is 5.31. The highest BCUT2D eigenvalue weighted by molar-refractivity contribution is 5.94. The summed E-state index contributed by atoms with van der Waals surface area (Å²) in [5.74, 6) is 1.14. The van der Waals surface area contributed by atoms with Crippen LogP contribution in [-0.4, -0.2) is 58.8 Å². The lowest BCUT2D eigenvalue weighted by Gasteiger charge is -2.28. The quantitative estimate of drug-likeness (QED) is 0.470. The maximum atomic E-state index is 12.5. The van der Waals surface area contributed by atoms with Crippen LogP contribution in [0.2, 0.25) is 0 Å². The number of hydrogen-bond acceptors (Lipinski definition) is 7. The molecule has 0 unspecified atom stereocenters. The molecule has 2 aliphatic rings. The van der Waals surface area contributed by atoms with Gasteiger partial charge in [0.25, 0.3) is 5.91 Å². The number of nitrogens with zero attached hydrogens (tertiary/aromatic N) is 5. The number of aromatic nitrogens is 3. The van der Waals surface area contributed by atoms with Crippen molar-refractivity contribution < 1.29 is 9.53 Å². The van der Waals surface area contributed by atoms with Gasteiger partial charge in [0.05, 0.1) is 25.6 Å². The first-order valence-corrected chi connectivity index (χ1v) is 10.5. The number of hydrogen-bond donors (Lipinski definition) is 2. The van der Waals surface area contributed by atoms with Gasteiger partial charge < -0.3 is 15.0 Å². The van der Waals surface area contributed by atoms with Crippen LogP contribution in [0.4, 0.5) is 11.6 Å². The van der Waals surface area contributed by atoms with Crippen molar-refractivity contribution in [1.29, 1.82) is 0 Å². The van der Waals surface area contributed by atoms with Crippen LogP contribution in [0.15, 0.2) is 41.8 Å². The normalized spacial score (nSPS) is 16.7. The Hall–Kier alpha value is -3.46. The zero-order valence-corrected chi connectivity index (χ0v) is 17.4. The molecule has 1 aliphatic heterocycles. The van der Waals surface area contributed by atoms with E-state index in [4.69, 9.17) is 9.72 Å². The number of rotatable bonds is 6. The number of nitrogens with one attached hydrogen (secondary N) is 2. The van der Waals surface area contributed by atoms with E-state index in [1.54, 1.807) is 18.6 Å². The lowest BCUT2D eigenvalue weighted by Crippen LogP contribution is -2.37. The van der Waals surface area contributed by atoms with Crippen molar-refractivity contribution >= 4 is 29.4 Å². The summed E-state index contributed by atoms with van der Waals surface area (Å²) in [5, 5.41) is 7.34. The number of ether oxygens (including phenoxy) is 1. The van der Waals surface area contributed by atoms with E-state index in [9.17, 15) is 4.79 Å². The largest absolute Gasteiger partial charge is 0.378 e. The fraction of sp³-hybridized carbons (Fsp3) is 0.364. The Balaban J connectivity index is 1.45. The van der Waals surface area contributed by atoms with Crippen LogP contribution in [0.5, 0.6) is 0 Å². The SMILES string of the molecule is Cc1cccc(/C=N/Nc2cn3cc(C(=O)NC4CC4)nc3c(N3CCOCC3)n2)c1. The zero-order valence-electron chi connectivity index (χ0n) is 17.4. The van der Waals surface area contributed by atoms with Gasteiger partial charge in [-0.15, -0.1) is 0 Å². The van der Waals surface area contributed by atoms with E-state index in [-0.39, 0.29) is 11.9 Å². The maximum Gasteiger partial charge on any atom is 0.271 e. The molecule has 31 heavy (non-hydrogen) atoms. The molecule has 2 aromatic heterocycles. The van der Waals surface area contributed by atoms with Gasteiger partial charge in [0, 0.05) is 25.3 Å². The second kappa shape index (κ2) is 8.35. The number of imidazole rings is 1. The lowest BCUT2D eigenvalue weighted by atomic mass is 10.2. The molecule has 1 aromatic carbocycles. The van der Waals surface area contributed by atoms with Crippen molar-refractivity contribution in [2.75, 3.05) is 36.6 Å². The molecular formula is C22H25N7O2. The molecule has 5 rings (SSSR count). The molecule has 0 radical (unpaired) electrons. The van der Waals surface area contributed by atoms with Gasteiger partial charge in [-0.3, -0.25) is 14.6 Å². The number of morpholine rings is 1. The molecule has 1 amide bonds. The fourth-order valence-electron chi connectivity index (χ4n) is 3.54. The van der Waals surface area contributed by atoms with Crippen LogP contribution in [0.3, 0.4) is 0 Å². The average Bonchev–Trinajstić information content (AvgIpc) is 3.48. The topological polar surface area (TPSA) is 96.2 Å². The molecule has 3 aromatic rings. The number of benzene rings is 1. The molecule has 3 heterocycles. The second-order valence-electron chi connectivity index (χ2n) is 7.94. The third kappa shape index (κ3) is 4.51. The number of carbonyl (C=O) groups is 1. The molecule has 9 nitrogen and oxygen atoms in total.